The summed E-state index contributed by atoms with van der Waals surface area (Å²) in [5, 5.41) is 16.8. The van der Waals surface area contributed by atoms with Crippen molar-refractivity contribution >= 4 is 5.84 Å². The maximum Gasteiger partial charge on any atom is 0.128 e. The van der Waals surface area contributed by atoms with Crippen LogP contribution in [0.3, 0.4) is 0 Å². The standard InChI is InChI=1S/C13H20FN3O2/c1-17(7-11(18)8-19-2)6-10-4-3-9(13(15)16)5-12(10)14/h3-5,11,18H,6-8H2,1-2H3,(H3,15,16). The Kier molecular flexibility index (Phi) is 5.88. The van der Waals surface area contributed by atoms with Crippen LogP contribution in [0.25, 0.3) is 0 Å². The summed E-state index contributed by atoms with van der Waals surface area (Å²) >= 11 is 0. The molecule has 1 aromatic carbocycles. The van der Waals surface area contributed by atoms with Crippen molar-refractivity contribution in [3.8, 4) is 0 Å². The van der Waals surface area contributed by atoms with Crippen molar-refractivity contribution in [1.29, 1.82) is 5.41 Å². The molecule has 6 heteroatoms. The number of hydrogen-bond acceptors (Lipinski definition) is 4. The van der Waals surface area contributed by atoms with E-state index in [9.17, 15) is 9.50 Å². The lowest BCUT2D eigenvalue weighted by atomic mass is 10.1. The fraction of sp³-hybridized carbons (Fsp3) is 0.462. The van der Waals surface area contributed by atoms with Gasteiger partial charge < -0.3 is 15.6 Å². The Bertz CT molecular complexity index is 440. The number of halogens is 1. The Morgan fingerprint density at radius 1 is 1.58 bits per heavy atom. The Morgan fingerprint density at radius 2 is 2.26 bits per heavy atom. The van der Waals surface area contributed by atoms with Crippen LogP contribution in [0.2, 0.25) is 0 Å². The predicted octanol–water partition coefficient (Wildman–Crippen LogP) is 0.549. The smallest absolute Gasteiger partial charge is 0.128 e. The lowest BCUT2D eigenvalue weighted by molar-refractivity contribution is 0.0417. The first kappa shape index (κ1) is 15.6. The summed E-state index contributed by atoms with van der Waals surface area (Å²) in [4.78, 5) is 1.80. The fourth-order valence-corrected chi connectivity index (χ4v) is 1.80. The van der Waals surface area contributed by atoms with E-state index in [1.54, 1.807) is 24.1 Å². The zero-order valence-corrected chi connectivity index (χ0v) is 11.2. The summed E-state index contributed by atoms with van der Waals surface area (Å²) < 4.78 is 18.6. The van der Waals surface area contributed by atoms with Crippen LogP contribution in [0.15, 0.2) is 18.2 Å². The van der Waals surface area contributed by atoms with Crippen molar-refractivity contribution in [3.63, 3.8) is 0 Å². The van der Waals surface area contributed by atoms with Gasteiger partial charge in [0, 0.05) is 31.3 Å². The number of amidine groups is 1. The molecule has 0 aliphatic heterocycles. The van der Waals surface area contributed by atoms with Crippen molar-refractivity contribution in [2.75, 3.05) is 27.3 Å². The number of aliphatic hydroxyl groups is 1. The van der Waals surface area contributed by atoms with E-state index in [0.29, 0.717) is 24.2 Å². The van der Waals surface area contributed by atoms with Gasteiger partial charge >= 0.3 is 0 Å². The molecule has 0 heterocycles. The number of benzene rings is 1. The maximum absolute atomic E-state index is 13.8. The second kappa shape index (κ2) is 7.18. The number of nitrogens with one attached hydrogen (secondary N) is 1. The Balaban J connectivity index is 2.64. The van der Waals surface area contributed by atoms with Crippen LogP contribution in [-0.2, 0) is 11.3 Å². The Labute approximate surface area is 112 Å². The molecule has 1 rings (SSSR count). The summed E-state index contributed by atoms with van der Waals surface area (Å²) in [6, 6.07) is 4.46. The molecule has 0 saturated heterocycles. The SMILES string of the molecule is COCC(O)CN(C)Cc1ccc(C(=N)N)cc1F. The molecule has 106 valence electrons. The number of rotatable bonds is 7. The molecule has 0 aliphatic rings. The van der Waals surface area contributed by atoms with Gasteiger partial charge in [0.2, 0.25) is 0 Å². The average Bonchev–Trinajstić information content (AvgIpc) is 2.31. The van der Waals surface area contributed by atoms with Crippen molar-refractivity contribution in [2.45, 2.75) is 12.6 Å². The summed E-state index contributed by atoms with van der Waals surface area (Å²) in [5.41, 5.74) is 6.15. The van der Waals surface area contributed by atoms with Gasteiger partial charge in [-0.2, -0.15) is 0 Å². The number of nitrogen functional groups attached to an aromatic ring is 1. The first-order valence-corrected chi connectivity index (χ1v) is 5.92. The van der Waals surface area contributed by atoms with E-state index in [-0.39, 0.29) is 12.4 Å². The molecular weight excluding hydrogens is 249 g/mol. The van der Waals surface area contributed by atoms with Gasteiger partial charge in [-0.25, -0.2) is 4.39 Å². The Hall–Kier alpha value is -1.50. The van der Waals surface area contributed by atoms with Crippen LogP contribution in [0.5, 0.6) is 0 Å². The second-order valence-electron chi connectivity index (χ2n) is 4.53. The van der Waals surface area contributed by atoms with Crippen LogP contribution in [0.1, 0.15) is 11.1 Å². The highest BCUT2D eigenvalue weighted by Crippen LogP contribution is 2.12. The van der Waals surface area contributed by atoms with Crippen LogP contribution in [0, 0.1) is 11.2 Å². The number of hydrogen-bond donors (Lipinski definition) is 3. The molecule has 1 unspecified atom stereocenters. The number of nitrogens with two attached hydrogens (primary N) is 1. The van der Waals surface area contributed by atoms with E-state index in [2.05, 4.69) is 0 Å². The monoisotopic (exact) mass is 269 g/mol. The van der Waals surface area contributed by atoms with Crippen LogP contribution >= 0.6 is 0 Å². The van der Waals surface area contributed by atoms with Gasteiger partial charge in [0.05, 0.1) is 12.7 Å². The highest BCUT2D eigenvalue weighted by molar-refractivity contribution is 5.94. The largest absolute Gasteiger partial charge is 0.389 e. The molecular formula is C13H20FN3O2. The third kappa shape index (κ3) is 4.94. The van der Waals surface area contributed by atoms with Gasteiger partial charge in [-0.1, -0.05) is 12.1 Å². The summed E-state index contributed by atoms with van der Waals surface area (Å²) in [6.07, 6.45) is -0.602. The van der Waals surface area contributed by atoms with Gasteiger partial charge in [-0.05, 0) is 13.1 Å². The van der Waals surface area contributed by atoms with Gasteiger partial charge in [0.15, 0.2) is 0 Å². The molecule has 0 saturated carbocycles. The zero-order valence-electron chi connectivity index (χ0n) is 11.2. The fourth-order valence-electron chi connectivity index (χ4n) is 1.80. The molecule has 0 spiro atoms. The number of likely N-dealkylation sites (N-methyl/N-ethyl adjacent to an activating group) is 1. The molecule has 0 radical (unpaired) electrons. The zero-order chi connectivity index (χ0) is 14.4. The van der Waals surface area contributed by atoms with Crippen molar-refractivity contribution in [3.05, 3.63) is 35.1 Å². The molecule has 5 nitrogen and oxygen atoms in total. The topological polar surface area (TPSA) is 82.6 Å². The minimum atomic E-state index is -0.602. The van der Waals surface area contributed by atoms with Crippen LogP contribution in [0.4, 0.5) is 4.39 Å². The molecule has 1 aromatic rings. The second-order valence-corrected chi connectivity index (χ2v) is 4.53. The van der Waals surface area contributed by atoms with Crippen molar-refractivity contribution in [1.82, 2.24) is 4.90 Å². The molecule has 0 fully saturated rings. The van der Waals surface area contributed by atoms with Gasteiger partial charge in [0.1, 0.15) is 11.7 Å². The third-order valence-corrected chi connectivity index (χ3v) is 2.69. The number of nitrogens with zero attached hydrogens (tertiary/aromatic N) is 1. The molecule has 0 aliphatic carbocycles. The number of ether oxygens (including phenoxy) is 1. The third-order valence-electron chi connectivity index (χ3n) is 2.69. The first-order chi connectivity index (χ1) is 8.93. The van der Waals surface area contributed by atoms with Crippen LogP contribution < -0.4 is 5.73 Å². The molecule has 0 bridgehead atoms. The minimum Gasteiger partial charge on any atom is -0.389 e. The highest BCUT2D eigenvalue weighted by Gasteiger charge is 2.11. The summed E-state index contributed by atoms with van der Waals surface area (Å²) in [6.45, 7) is 1.00. The van der Waals surface area contributed by atoms with E-state index >= 15 is 0 Å². The molecule has 4 N–H and O–H groups in total. The summed E-state index contributed by atoms with van der Waals surface area (Å²) in [7, 11) is 3.31. The van der Waals surface area contributed by atoms with Crippen LogP contribution in [-0.4, -0.2) is 49.3 Å². The maximum atomic E-state index is 13.8. The lowest BCUT2D eigenvalue weighted by Gasteiger charge is -2.20. The highest BCUT2D eigenvalue weighted by atomic mass is 19.1. The van der Waals surface area contributed by atoms with E-state index in [1.807, 2.05) is 0 Å². The van der Waals surface area contributed by atoms with E-state index in [4.69, 9.17) is 15.9 Å². The molecule has 1 atom stereocenters. The van der Waals surface area contributed by atoms with E-state index in [1.165, 1.54) is 13.2 Å². The van der Waals surface area contributed by atoms with Crippen molar-refractivity contribution in [2.24, 2.45) is 5.73 Å². The molecule has 19 heavy (non-hydrogen) atoms. The first-order valence-electron chi connectivity index (χ1n) is 5.92. The lowest BCUT2D eigenvalue weighted by Crippen LogP contribution is -2.31. The molecule has 0 aromatic heterocycles. The average molecular weight is 269 g/mol. The number of methoxy groups -OCH3 is 1. The summed E-state index contributed by atoms with van der Waals surface area (Å²) in [5.74, 6) is -0.560. The van der Waals surface area contributed by atoms with Gasteiger partial charge in [0.25, 0.3) is 0 Å². The minimum absolute atomic E-state index is 0.158. The molecule has 0 amide bonds. The van der Waals surface area contributed by atoms with Gasteiger partial charge in [-0.15, -0.1) is 0 Å². The Morgan fingerprint density at radius 3 is 2.79 bits per heavy atom. The quantitative estimate of drug-likeness (QED) is 0.498. The van der Waals surface area contributed by atoms with Gasteiger partial charge in [-0.3, -0.25) is 10.3 Å². The predicted molar refractivity (Wildman–Crippen MR) is 71.6 cm³/mol. The van der Waals surface area contributed by atoms with E-state index < -0.39 is 11.9 Å². The normalized spacial score (nSPS) is 12.7. The van der Waals surface area contributed by atoms with Crippen molar-refractivity contribution < 1.29 is 14.2 Å². The number of aliphatic hydroxyl groups excluding tert-OH is 1. The van der Waals surface area contributed by atoms with E-state index in [0.717, 1.165) is 0 Å².